The number of carbonyl (C=O) groups is 1. The van der Waals surface area contributed by atoms with Crippen LogP contribution in [0.2, 0.25) is 0 Å². The lowest BCUT2D eigenvalue weighted by Crippen LogP contribution is -2.03. The summed E-state index contributed by atoms with van der Waals surface area (Å²) in [6, 6.07) is 9.49. The van der Waals surface area contributed by atoms with Crippen molar-refractivity contribution in [1.82, 2.24) is 4.98 Å². The molecule has 4 nitrogen and oxygen atoms in total. The van der Waals surface area contributed by atoms with Crippen molar-refractivity contribution >= 4 is 22.4 Å². The van der Waals surface area contributed by atoms with E-state index in [9.17, 15) is 9.18 Å². The number of fused-ring (bicyclic) bond motifs is 1. The second kappa shape index (κ2) is 4.94. The van der Waals surface area contributed by atoms with E-state index in [1.54, 1.807) is 19.4 Å². The number of nitrogens with one attached hydrogen (secondary N) is 1. The fraction of sp³-hybridized carbons (Fsp3) is 0.0625. The van der Waals surface area contributed by atoms with Crippen LogP contribution in [0.15, 0.2) is 42.6 Å². The summed E-state index contributed by atoms with van der Waals surface area (Å²) in [6.45, 7) is 0. The van der Waals surface area contributed by atoms with E-state index >= 15 is 0 Å². The van der Waals surface area contributed by atoms with Crippen LogP contribution >= 0.6 is 0 Å². The molecule has 106 valence electrons. The van der Waals surface area contributed by atoms with Gasteiger partial charge in [-0.2, -0.15) is 0 Å². The summed E-state index contributed by atoms with van der Waals surface area (Å²) < 4.78 is 18.8. The van der Waals surface area contributed by atoms with Crippen molar-refractivity contribution in [2.45, 2.75) is 0 Å². The van der Waals surface area contributed by atoms with Crippen LogP contribution in [0.1, 0.15) is 15.9 Å². The third kappa shape index (κ3) is 2.12. The summed E-state index contributed by atoms with van der Waals surface area (Å²) in [6.07, 6.45) is 1.60. The van der Waals surface area contributed by atoms with Crippen molar-refractivity contribution in [2.75, 3.05) is 12.8 Å². The summed E-state index contributed by atoms with van der Waals surface area (Å²) in [4.78, 5) is 15.6. The fourth-order valence-electron chi connectivity index (χ4n) is 2.32. The Balaban J connectivity index is 2.15. The smallest absolute Gasteiger partial charge is 0.195 e. The normalized spacial score (nSPS) is 10.8. The number of nitrogens with two attached hydrogens (primary N) is 1. The Morgan fingerprint density at radius 3 is 2.81 bits per heavy atom. The van der Waals surface area contributed by atoms with Gasteiger partial charge in [0.25, 0.3) is 0 Å². The average molecular weight is 284 g/mol. The lowest BCUT2D eigenvalue weighted by Gasteiger charge is -2.05. The molecule has 0 amide bonds. The third-order valence-corrected chi connectivity index (χ3v) is 3.39. The fourth-order valence-corrected chi connectivity index (χ4v) is 2.32. The van der Waals surface area contributed by atoms with E-state index in [1.807, 2.05) is 12.1 Å². The molecule has 0 saturated carbocycles. The van der Waals surface area contributed by atoms with Crippen LogP contribution in [0.5, 0.6) is 5.75 Å². The first-order valence-corrected chi connectivity index (χ1v) is 6.35. The van der Waals surface area contributed by atoms with Crippen LogP contribution in [-0.4, -0.2) is 17.9 Å². The van der Waals surface area contributed by atoms with E-state index in [0.717, 1.165) is 11.6 Å². The number of ketones is 1. The largest absolute Gasteiger partial charge is 0.496 e. The Morgan fingerprint density at radius 1 is 1.29 bits per heavy atom. The van der Waals surface area contributed by atoms with Crippen molar-refractivity contribution in [2.24, 2.45) is 0 Å². The summed E-state index contributed by atoms with van der Waals surface area (Å²) in [5, 5.41) is 0.683. The van der Waals surface area contributed by atoms with Gasteiger partial charge >= 0.3 is 0 Å². The highest BCUT2D eigenvalue weighted by atomic mass is 19.1. The van der Waals surface area contributed by atoms with Gasteiger partial charge in [-0.1, -0.05) is 6.07 Å². The maximum atomic E-state index is 13.5. The zero-order chi connectivity index (χ0) is 15.0. The topological polar surface area (TPSA) is 68.1 Å². The van der Waals surface area contributed by atoms with Gasteiger partial charge in [-0.25, -0.2) is 4.39 Å². The molecule has 3 aromatic rings. The number of anilines is 1. The summed E-state index contributed by atoms with van der Waals surface area (Å²) in [5.41, 5.74) is 6.91. The molecule has 0 atom stereocenters. The predicted molar refractivity (Wildman–Crippen MR) is 79.1 cm³/mol. The molecule has 0 fully saturated rings. The number of H-pyrrole nitrogens is 1. The summed E-state index contributed by atoms with van der Waals surface area (Å²) >= 11 is 0. The molecule has 0 aliphatic carbocycles. The molecule has 1 aromatic heterocycles. The highest BCUT2D eigenvalue weighted by Crippen LogP contribution is 2.30. The van der Waals surface area contributed by atoms with Crippen LogP contribution in [-0.2, 0) is 0 Å². The van der Waals surface area contributed by atoms with Crippen molar-refractivity contribution in [1.29, 1.82) is 0 Å². The van der Waals surface area contributed by atoms with Crippen LogP contribution in [0.25, 0.3) is 10.9 Å². The number of benzene rings is 2. The zero-order valence-corrected chi connectivity index (χ0v) is 11.3. The van der Waals surface area contributed by atoms with Gasteiger partial charge in [-0.15, -0.1) is 0 Å². The highest BCUT2D eigenvalue weighted by molar-refractivity contribution is 6.17. The van der Waals surface area contributed by atoms with Gasteiger partial charge in [0.15, 0.2) is 5.78 Å². The summed E-state index contributed by atoms with van der Waals surface area (Å²) in [5.74, 6) is -0.301. The Kier molecular flexibility index (Phi) is 3.10. The number of aromatic amines is 1. The van der Waals surface area contributed by atoms with Gasteiger partial charge in [0.05, 0.1) is 23.7 Å². The molecule has 0 unspecified atom stereocenters. The van der Waals surface area contributed by atoms with E-state index in [1.165, 1.54) is 12.1 Å². The van der Waals surface area contributed by atoms with Gasteiger partial charge < -0.3 is 15.5 Å². The molecule has 0 radical (unpaired) electrons. The van der Waals surface area contributed by atoms with E-state index in [4.69, 9.17) is 10.5 Å². The standard InChI is InChI=1S/C16H13FN2O2/c1-21-14-4-2-3-13-15(14)10(8-19-13)16(20)9-5-6-12(18)11(17)7-9/h2-8,19H,18H2,1H3. The number of hydrogen-bond acceptors (Lipinski definition) is 3. The molecule has 0 spiro atoms. The van der Waals surface area contributed by atoms with E-state index < -0.39 is 5.82 Å². The van der Waals surface area contributed by atoms with E-state index in [-0.39, 0.29) is 17.0 Å². The second-order valence-electron chi connectivity index (χ2n) is 4.65. The Hall–Kier alpha value is -2.82. The highest BCUT2D eigenvalue weighted by Gasteiger charge is 2.18. The minimum atomic E-state index is -0.604. The SMILES string of the molecule is COc1cccc2[nH]cc(C(=O)c3ccc(N)c(F)c3)c12. The zero-order valence-electron chi connectivity index (χ0n) is 11.3. The van der Waals surface area contributed by atoms with Crippen molar-refractivity contribution in [3.63, 3.8) is 0 Å². The lowest BCUT2D eigenvalue weighted by molar-refractivity contribution is 0.103. The molecule has 0 aliphatic heterocycles. The Bertz CT molecular complexity index is 839. The van der Waals surface area contributed by atoms with Crippen LogP contribution in [0, 0.1) is 5.82 Å². The second-order valence-corrected chi connectivity index (χ2v) is 4.65. The van der Waals surface area contributed by atoms with Gasteiger partial charge in [0.1, 0.15) is 11.6 Å². The van der Waals surface area contributed by atoms with Crippen molar-refractivity contribution < 1.29 is 13.9 Å². The molecule has 3 rings (SSSR count). The van der Waals surface area contributed by atoms with Crippen molar-refractivity contribution in [3.8, 4) is 5.75 Å². The number of nitrogen functional groups attached to an aromatic ring is 1. The van der Waals surface area contributed by atoms with E-state index in [0.29, 0.717) is 16.7 Å². The number of hydrogen-bond donors (Lipinski definition) is 2. The molecule has 0 aliphatic rings. The molecule has 21 heavy (non-hydrogen) atoms. The first kappa shape index (κ1) is 13.2. The number of halogens is 1. The first-order chi connectivity index (χ1) is 10.1. The van der Waals surface area contributed by atoms with Gasteiger partial charge in [0, 0.05) is 17.3 Å². The number of methoxy groups -OCH3 is 1. The van der Waals surface area contributed by atoms with Crippen molar-refractivity contribution in [3.05, 3.63) is 59.5 Å². The Morgan fingerprint density at radius 2 is 2.10 bits per heavy atom. The summed E-state index contributed by atoms with van der Waals surface area (Å²) in [7, 11) is 1.54. The van der Waals surface area contributed by atoms with Crippen LogP contribution in [0.3, 0.4) is 0 Å². The maximum Gasteiger partial charge on any atom is 0.195 e. The molecular weight excluding hydrogens is 271 g/mol. The minimum absolute atomic E-state index is 0.0167. The number of ether oxygens (including phenoxy) is 1. The van der Waals surface area contributed by atoms with Gasteiger partial charge in [0.2, 0.25) is 0 Å². The average Bonchev–Trinajstić information content (AvgIpc) is 2.93. The quantitative estimate of drug-likeness (QED) is 0.573. The molecule has 2 aromatic carbocycles. The lowest BCUT2D eigenvalue weighted by atomic mass is 10.0. The van der Waals surface area contributed by atoms with E-state index in [2.05, 4.69) is 4.98 Å². The molecular formula is C16H13FN2O2. The molecule has 0 bridgehead atoms. The predicted octanol–water partition coefficient (Wildman–Crippen LogP) is 3.13. The van der Waals surface area contributed by atoms with Crippen LogP contribution in [0.4, 0.5) is 10.1 Å². The first-order valence-electron chi connectivity index (χ1n) is 6.35. The number of rotatable bonds is 3. The molecule has 0 saturated heterocycles. The molecule has 5 heteroatoms. The van der Waals surface area contributed by atoms with Gasteiger partial charge in [-0.05, 0) is 30.3 Å². The Labute approximate surface area is 120 Å². The molecule has 3 N–H and O–H groups in total. The number of aromatic nitrogens is 1. The minimum Gasteiger partial charge on any atom is -0.496 e. The number of carbonyl (C=O) groups excluding carboxylic acids is 1. The van der Waals surface area contributed by atoms with Gasteiger partial charge in [-0.3, -0.25) is 4.79 Å². The maximum absolute atomic E-state index is 13.5. The molecule has 1 heterocycles. The third-order valence-electron chi connectivity index (χ3n) is 3.39. The van der Waals surface area contributed by atoms with Crippen LogP contribution < -0.4 is 10.5 Å². The monoisotopic (exact) mass is 284 g/mol.